The van der Waals surface area contributed by atoms with E-state index in [2.05, 4.69) is 49.7 Å². The number of guanidine groups is 1. The van der Waals surface area contributed by atoms with E-state index >= 15 is 0 Å². The van der Waals surface area contributed by atoms with Crippen molar-refractivity contribution in [1.82, 2.24) is 10.6 Å². The molecule has 2 aromatic rings. The highest BCUT2D eigenvalue weighted by atomic mass is 127. The Morgan fingerprint density at radius 2 is 1.78 bits per heavy atom. The summed E-state index contributed by atoms with van der Waals surface area (Å²) in [6, 6.07) is 16.8. The molecule has 2 saturated heterocycles. The lowest BCUT2D eigenvalue weighted by Crippen LogP contribution is -2.46. The highest BCUT2D eigenvalue weighted by molar-refractivity contribution is 14.0. The zero-order valence-electron chi connectivity index (χ0n) is 18.8. The maximum absolute atomic E-state index is 6.15. The van der Waals surface area contributed by atoms with Gasteiger partial charge in [-0.05, 0) is 49.1 Å². The molecule has 0 bridgehead atoms. The minimum absolute atomic E-state index is 0. The number of nitrogens with one attached hydrogen (secondary N) is 2. The molecule has 8 heteroatoms. The number of aliphatic imine (C=N–C) groups is 1. The van der Waals surface area contributed by atoms with Crippen LogP contribution in [0.3, 0.4) is 0 Å². The molecule has 0 aromatic heterocycles. The molecule has 0 amide bonds. The number of halogens is 2. The van der Waals surface area contributed by atoms with E-state index in [4.69, 9.17) is 16.3 Å². The molecule has 2 heterocycles. The van der Waals surface area contributed by atoms with Gasteiger partial charge in [0.25, 0.3) is 0 Å². The minimum atomic E-state index is 0. The molecule has 2 N–H and O–H groups in total. The zero-order valence-corrected chi connectivity index (χ0v) is 21.8. The lowest BCUT2D eigenvalue weighted by molar-refractivity contribution is 0.415. The van der Waals surface area contributed by atoms with Gasteiger partial charge in [-0.15, -0.1) is 24.0 Å². The van der Waals surface area contributed by atoms with Crippen molar-refractivity contribution in [3.05, 3.63) is 53.6 Å². The van der Waals surface area contributed by atoms with Crippen molar-refractivity contribution >= 4 is 52.9 Å². The third-order valence-corrected chi connectivity index (χ3v) is 6.42. The summed E-state index contributed by atoms with van der Waals surface area (Å²) in [5.41, 5.74) is 2.42. The Kier molecular flexibility index (Phi) is 9.16. The summed E-state index contributed by atoms with van der Waals surface area (Å²) in [4.78, 5) is 9.26. The lowest BCUT2D eigenvalue weighted by Gasteiger charge is -2.22. The SMILES string of the molecule is CN=C(NCC1CCN(c2cccc(OC)c2)C1)NC1CCN(c2cccc(Cl)c2)C1.I. The van der Waals surface area contributed by atoms with Crippen LogP contribution in [0.5, 0.6) is 5.75 Å². The maximum atomic E-state index is 6.15. The summed E-state index contributed by atoms with van der Waals surface area (Å²) in [6.45, 7) is 5.01. The first-order valence-corrected chi connectivity index (χ1v) is 11.4. The topological polar surface area (TPSA) is 52.1 Å². The predicted molar refractivity (Wildman–Crippen MR) is 145 cm³/mol. The second kappa shape index (κ2) is 11.8. The Labute approximate surface area is 213 Å². The van der Waals surface area contributed by atoms with E-state index in [1.807, 2.05) is 31.3 Å². The molecule has 2 unspecified atom stereocenters. The number of anilines is 2. The molecule has 2 aromatic carbocycles. The molecule has 0 saturated carbocycles. The van der Waals surface area contributed by atoms with Gasteiger partial charge < -0.3 is 25.2 Å². The molecule has 2 fully saturated rings. The van der Waals surface area contributed by atoms with Crippen molar-refractivity contribution in [2.75, 3.05) is 56.7 Å². The standard InChI is InChI=1S/C24H32ClN5O.HI/c1-26-24(28-20-10-12-30(17-20)21-6-3-5-19(25)13-21)27-15-18-9-11-29(16-18)22-7-4-8-23(14-22)31-2;/h3-8,13-14,18,20H,9-12,15-17H2,1-2H3,(H2,26,27,28);1H. The summed E-state index contributed by atoms with van der Waals surface area (Å²) in [7, 11) is 3.56. The van der Waals surface area contributed by atoms with Crippen molar-refractivity contribution in [3.63, 3.8) is 0 Å². The molecule has 2 atom stereocenters. The van der Waals surface area contributed by atoms with Crippen molar-refractivity contribution < 1.29 is 4.74 Å². The number of hydrogen-bond donors (Lipinski definition) is 2. The predicted octanol–water partition coefficient (Wildman–Crippen LogP) is 4.24. The van der Waals surface area contributed by atoms with Crippen LogP contribution in [0, 0.1) is 5.92 Å². The largest absolute Gasteiger partial charge is 0.497 e. The van der Waals surface area contributed by atoms with Crippen molar-refractivity contribution in [2.24, 2.45) is 10.9 Å². The Morgan fingerprint density at radius 1 is 1.06 bits per heavy atom. The van der Waals surface area contributed by atoms with Crippen LogP contribution in [-0.4, -0.2) is 58.9 Å². The van der Waals surface area contributed by atoms with Crippen LogP contribution in [0.2, 0.25) is 5.02 Å². The first kappa shape index (κ1) is 24.8. The van der Waals surface area contributed by atoms with E-state index in [9.17, 15) is 0 Å². The third-order valence-electron chi connectivity index (χ3n) is 6.19. The molecule has 32 heavy (non-hydrogen) atoms. The highest BCUT2D eigenvalue weighted by Gasteiger charge is 2.25. The molecule has 174 valence electrons. The number of nitrogens with zero attached hydrogens (tertiary/aromatic N) is 3. The molecule has 6 nitrogen and oxygen atoms in total. The number of hydrogen-bond acceptors (Lipinski definition) is 4. The maximum Gasteiger partial charge on any atom is 0.191 e. The van der Waals surface area contributed by atoms with Gasteiger partial charge in [0.2, 0.25) is 0 Å². The van der Waals surface area contributed by atoms with Gasteiger partial charge in [-0.3, -0.25) is 4.99 Å². The van der Waals surface area contributed by atoms with Gasteiger partial charge in [0, 0.05) is 68.3 Å². The number of rotatable bonds is 6. The minimum Gasteiger partial charge on any atom is -0.497 e. The monoisotopic (exact) mass is 569 g/mol. The Hall–Kier alpha value is -1.87. The van der Waals surface area contributed by atoms with Gasteiger partial charge >= 0.3 is 0 Å². The Bertz CT molecular complexity index is 911. The average molecular weight is 570 g/mol. The molecule has 0 radical (unpaired) electrons. The zero-order chi connectivity index (χ0) is 21.6. The quantitative estimate of drug-likeness (QED) is 0.310. The molecule has 0 aliphatic carbocycles. The fourth-order valence-electron chi connectivity index (χ4n) is 4.46. The van der Waals surface area contributed by atoms with Crippen LogP contribution >= 0.6 is 35.6 Å². The van der Waals surface area contributed by atoms with E-state index in [0.717, 1.165) is 55.9 Å². The van der Waals surface area contributed by atoms with Crippen LogP contribution in [-0.2, 0) is 0 Å². The van der Waals surface area contributed by atoms with Gasteiger partial charge in [-0.2, -0.15) is 0 Å². The van der Waals surface area contributed by atoms with Gasteiger partial charge in [-0.1, -0.05) is 23.7 Å². The first-order chi connectivity index (χ1) is 15.1. The molecule has 2 aliphatic heterocycles. The van der Waals surface area contributed by atoms with Crippen molar-refractivity contribution in [3.8, 4) is 5.75 Å². The second-order valence-corrected chi connectivity index (χ2v) is 8.75. The summed E-state index contributed by atoms with van der Waals surface area (Å²) < 4.78 is 5.37. The van der Waals surface area contributed by atoms with Crippen molar-refractivity contribution in [1.29, 1.82) is 0 Å². The summed E-state index contributed by atoms with van der Waals surface area (Å²) in [6.07, 6.45) is 2.26. The number of methoxy groups -OCH3 is 1. The first-order valence-electron chi connectivity index (χ1n) is 11.0. The van der Waals surface area contributed by atoms with Crippen LogP contribution in [0.25, 0.3) is 0 Å². The fraction of sp³-hybridized carbons (Fsp3) is 0.458. The van der Waals surface area contributed by atoms with E-state index in [-0.39, 0.29) is 24.0 Å². The molecule has 2 aliphatic rings. The lowest BCUT2D eigenvalue weighted by atomic mass is 10.1. The van der Waals surface area contributed by atoms with E-state index < -0.39 is 0 Å². The van der Waals surface area contributed by atoms with Crippen LogP contribution in [0.4, 0.5) is 11.4 Å². The normalized spacial score (nSPS) is 20.8. The summed E-state index contributed by atoms with van der Waals surface area (Å²) >= 11 is 6.15. The molecule has 4 rings (SSSR count). The van der Waals surface area contributed by atoms with E-state index in [0.29, 0.717) is 12.0 Å². The third kappa shape index (κ3) is 6.34. The second-order valence-electron chi connectivity index (χ2n) is 8.31. The van der Waals surface area contributed by atoms with Crippen LogP contribution in [0.1, 0.15) is 12.8 Å². The smallest absolute Gasteiger partial charge is 0.191 e. The Balaban J connectivity index is 0.00000289. The van der Waals surface area contributed by atoms with Gasteiger partial charge in [-0.25, -0.2) is 0 Å². The summed E-state index contributed by atoms with van der Waals surface area (Å²) in [5, 5.41) is 7.92. The van der Waals surface area contributed by atoms with Gasteiger partial charge in [0.1, 0.15) is 5.75 Å². The van der Waals surface area contributed by atoms with Gasteiger partial charge in [0.05, 0.1) is 7.11 Å². The van der Waals surface area contributed by atoms with Crippen LogP contribution in [0.15, 0.2) is 53.5 Å². The van der Waals surface area contributed by atoms with Gasteiger partial charge in [0.15, 0.2) is 5.96 Å². The summed E-state index contributed by atoms with van der Waals surface area (Å²) in [5.74, 6) is 2.39. The average Bonchev–Trinajstić information content (AvgIpc) is 3.46. The Morgan fingerprint density at radius 3 is 2.53 bits per heavy atom. The molecular formula is C24H33ClIN5O. The molecular weight excluding hydrogens is 537 g/mol. The highest BCUT2D eigenvalue weighted by Crippen LogP contribution is 2.27. The van der Waals surface area contributed by atoms with Crippen molar-refractivity contribution in [2.45, 2.75) is 18.9 Å². The fourth-order valence-corrected chi connectivity index (χ4v) is 4.64. The van der Waals surface area contributed by atoms with E-state index in [1.165, 1.54) is 17.8 Å². The number of benzene rings is 2. The van der Waals surface area contributed by atoms with Crippen LogP contribution < -0.4 is 25.2 Å². The van der Waals surface area contributed by atoms with E-state index in [1.54, 1.807) is 7.11 Å². The molecule has 0 spiro atoms. The number of ether oxygens (including phenoxy) is 1.